The minimum atomic E-state index is -0.519. The van der Waals surface area contributed by atoms with Crippen LogP contribution >= 0.6 is 0 Å². The van der Waals surface area contributed by atoms with Gasteiger partial charge in [-0.2, -0.15) is 0 Å². The van der Waals surface area contributed by atoms with E-state index in [0.717, 1.165) is 0 Å². The van der Waals surface area contributed by atoms with Crippen molar-refractivity contribution in [2.75, 3.05) is 14.2 Å². The van der Waals surface area contributed by atoms with Crippen molar-refractivity contribution in [3.05, 3.63) is 12.7 Å². The summed E-state index contributed by atoms with van der Waals surface area (Å²) in [6.45, 7) is 3.48. The second-order valence-electron chi connectivity index (χ2n) is 2.31. The second kappa shape index (κ2) is 5.35. The molecule has 0 aliphatic heterocycles. The van der Waals surface area contributed by atoms with E-state index in [1.54, 1.807) is 6.08 Å². The molecule has 0 bridgehead atoms. The van der Waals surface area contributed by atoms with Gasteiger partial charge in [0.2, 0.25) is 0 Å². The molecule has 12 heavy (non-hydrogen) atoms. The molecule has 0 aliphatic carbocycles. The van der Waals surface area contributed by atoms with Crippen LogP contribution in [0.25, 0.3) is 0 Å². The average Bonchev–Trinajstić information content (AvgIpc) is 2.11. The molecule has 68 valence electrons. The van der Waals surface area contributed by atoms with Gasteiger partial charge < -0.3 is 14.4 Å². The normalized spacial score (nSPS) is 11.5. The first-order valence-corrected chi connectivity index (χ1v) is 3.54. The lowest BCUT2D eigenvalue weighted by Gasteiger charge is -2.20. The predicted molar refractivity (Wildman–Crippen MR) is 44.8 cm³/mol. The zero-order chi connectivity index (χ0) is 9.56. The van der Waals surface area contributed by atoms with E-state index in [-0.39, 0.29) is 0 Å². The summed E-state index contributed by atoms with van der Waals surface area (Å²) in [7, 11) is 2.78. The van der Waals surface area contributed by atoms with Gasteiger partial charge in [-0.1, -0.05) is 6.08 Å². The molecule has 0 fully saturated rings. The third-order valence-corrected chi connectivity index (χ3v) is 1.53. The lowest BCUT2D eigenvalue weighted by Crippen LogP contribution is -2.37. The number of ether oxygens (including phenoxy) is 1. The van der Waals surface area contributed by atoms with Crippen LogP contribution in [0.15, 0.2) is 12.7 Å². The molecule has 0 spiro atoms. The fraction of sp³-hybridized carbons (Fsp3) is 0.500. The topological polar surface area (TPSA) is 46.6 Å². The number of methoxy groups -OCH3 is 1. The Kier molecular flexibility index (Phi) is 4.76. The minimum Gasteiger partial charge on any atom is -0.453 e. The highest BCUT2D eigenvalue weighted by molar-refractivity contribution is 5.73. The summed E-state index contributed by atoms with van der Waals surface area (Å²) in [6, 6.07) is -0.477. The van der Waals surface area contributed by atoms with E-state index in [1.807, 2.05) is 0 Å². The molecule has 1 amide bonds. The van der Waals surface area contributed by atoms with Crippen LogP contribution in [0.4, 0.5) is 4.79 Å². The van der Waals surface area contributed by atoms with Gasteiger partial charge in [0.05, 0.1) is 13.2 Å². The minimum absolute atomic E-state index is 0.440. The van der Waals surface area contributed by atoms with Crippen molar-refractivity contribution in [1.29, 1.82) is 0 Å². The number of rotatable bonds is 4. The Hall–Kier alpha value is -1.32. The van der Waals surface area contributed by atoms with E-state index < -0.39 is 12.1 Å². The van der Waals surface area contributed by atoms with Crippen LogP contribution < -0.4 is 0 Å². The summed E-state index contributed by atoms with van der Waals surface area (Å²) < 4.78 is 4.43. The Morgan fingerprint density at radius 2 is 2.33 bits per heavy atom. The van der Waals surface area contributed by atoms with Gasteiger partial charge in [0.25, 0.3) is 0 Å². The fourth-order valence-electron chi connectivity index (χ4n) is 0.755. The molecule has 0 N–H and O–H groups in total. The summed E-state index contributed by atoms with van der Waals surface area (Å²) in [5.41, 5.74) is 0. The highest BCUT2D eigenvalue weighted by atomic mass is 16.5. The van der Waals surface area contributed by atoms with Gasteiger partial charge in [-0.05, 0) is 6.42 Å². The molecule has 0 saturated heterocycles. The number of carbonyl (C=O) groups is 2. The summed E-state index contributed by atoms with van der Waals surface area (Å²) in [6.07, 6.45) is 2.20. The molecular weight excluding hydrogens is 158 g/mol. The third kappa shape index (κ3) is 2.74. The molecule has 0 saturated carbocycles. The van der Waals surface area contributed by atoms with Gasteiger partial charge in [0.15, 0.2) is 0 Å². The maximum absolute atomic E-state index is 10.9. The summed E-state index contributed by atoms with van der Waals surface area (Å²) in [5.74, 6) is 0. The lowest BCUT2D eigenvalue weighted by atomic mass is 10.2. The molecule has 0 rings (SSSR count). The molecule has 0 radical (unpaired) electrons. The van der Waals surface area contributed by atoms with Crippen LogP contribution in [-0.2, 0) is 9.53 Å². The van der Waals surface area contributed by atoms with Gasteiger partial charge >= 0.3 is 6.09 Å². The van der Waals surface area contributed by atoms with Crippen molar-refractivity contribution in [2.24, 2.45) is 0 Å². The van der Waals surface area contributed by atoms with E-state index in [1.165, 1.54) is 19.1 Å². The molecule has 0 aliphatic rings. The quantitative estimate of drug-likeness (QED) is 0.465. The molecule has 4 nitrogen and oxygen atoms in total. The fourth-order valence-corrected chi connectivity index (χ4v) is 0.755. The molecular formula is C8H13NO3. The van der Waals surface area contributed by atoms with E-state index in [2.05, 4.69) is 11.3 Å². The van der Waals surface area contributed by atoms with Crippen molar-refractivity contribution in [3.8, 4) is 0 Å². The zero-order valence-electron chi connectivity index (χ0n) is 7.32. The van der Waals surface area contributed by atoms with Crippen LogP contribution in [0.1, 0.15) is 6.42 Å². The first-order chi connectivity index (χ1) is 5.67. The van der Waals surface area contributed by atoms with Crippen molar-refractivity contribution in [2.45, 2.75) is 12.5 Å². The number of aldehydes is 1. The van der Waals surface area contributed by atoms with Gasteiger partial charge in [0, 0.05) is 7.05 Å². The maximum atomic E-state index is 10.9. The molecule has 0 aromatic carbocycles. The SMILES string of the molecule is C=CC[C@H](C=O)N(C)C(=O)OC. The van der Waals surface area contributed by atoms with Crippen molar-refractivity contribution >= 4 is 12.4 Å². The Balaban J connectivity index is 4.18. The number of nitrogens with zero attached hydrogens (tertiary/aromatic N) is 1. The molecule has 0 aromatic heterocycles. The van der Waals surface area contributed by atoms with Crippen LogP contribution in [0.5, 0.6) is 0 Å². The lowest BCUT2D eigenvalue weighted by molar-refractivity contribution is -0.111. The van der Waals surface area contributed by atoms with Crippen LogP contribution in [0, 0.1) is 0 Å². The monoisotopic (exact) mass is 171 g/mol. The first-order valence-electron chi connectivity index (χ1n) is 3.54. The van der Waals surface area contributed by atoms with Crippen molar-refractivity contribution in [3.63, 3.8) is 0 Å². The molecule has 0 aromatic rings. The first kappa shape index (κ1) is 10.7. The highest BCUT2D eigenvalue weighted by Crippen LogP contribution is 2.01. The van der Waals surface area contributed by atoms with Gasteiger partial charge in [-0.3, -0.25) is 0 Å². The van der Waals surface area contributed by atoms with Gasteiger partial charge in [-0.15, -0.1) is 6.58 Å². The Bertz CT molecular complexity index is 179. The molecule has 4 heteroatoms. The maximum Gasteiger partial charge on any atom is 0.409 e. The van der Waals surface area contributed by atoms with E-state index in [4.69, 9.17) is 0 Å². The summed E-state index contributed by atoms with van der Waals surface area (Å²) in [5, 5.41) is 0. The number of amides is 1. The van der Waals surface area contributed by atoms with Crippen molar-refractivity contribution in [1.82, 2.24) is 4.90 Å². The predicted octanol–water partition coefficient (Wildman–Crippen LogP) is 0.828. The van der Waals surface area contributed by atoms with Crippen LogP contribution in [-0.4, -0.2) is 37.5 Å². The van der Waals surface area contributed by atoms with Crippen molar-refractivity contribution < 1.29 is 14.3 Å². The highest BCUT2D eigenvalue weighted by Gasteiger charge is 2.17. The van der Waals surface area contributed by atoms with Gasteiger partial charge in [-0.25, -0.2) is 4.79 Å². The Morgan fingerprint density at radius 3 is 2.67 bits per heavy atom. The number of carbonyl (C=O) groups excluding carboxylic acids is 2. The smallest absolute Gasteiger partial charge is 0.409 e. The average molecular weight is 171 g/mol. The number of hydrogen-bond donors (Lipinski definition) is 0. The van der Waals surface area contributed by atoms with Gasteiger partial charge in [0.1, 0.15) is 6.29 Å². The van der Waals surface area contributed by atoms with Crippen LogP contribution in [0.2, 0.25) is 0 Å². The van der Waals surface area contributed by atoms with Crippen LogP contribution in [0.3, 0.4) is 0 Å². The third-order valence-electron chi connectivity index (χ3n) is 1.53. The van der Waals surface area contributed by atoms with E-state index in [0.29, 0.717) is 12.7 Å². The number of hydrogen-bond acceptors (Lipinski definition) is 3. The second-order valence-corrected chi connectivity index (χ2v) is 2.31. The summed E-state index contributed by atoms with van der Waals surface area (Å²) in [4.78, 5) is 22.6. The zero-order valence-corrected chi connectivity index (χ0v) is 7.32. The summed E-state index contributed by atoms with van der Waals surface area (Å²) >= 11 is 0. The Morgan fingerprint density at radius 1 is 1.75 bits per heavy atom. The molecule has 0 unspecified atom stereocenters. The van der Waals surface area contributed by atoms with E-state index in [9.17, 15) is 9.59 Å². The standard InChI is InChI=1S/C8H13NO3/c1-4-5-7(6-10)9(2)8(11)12-3/h4,6-7H,1,5H2,2-3H3/t7-/m1/s1. The molecule has 1 atom stereocenters. The largest absolute Gasteiger partial charge is 0.453 e. The number of likely N-dealkylation sites (N-methyl/N-ethyl adjacent to an activating group) is 1. The Labute approximate surface area is 71.8 Å². The van der Waals surface area contributed by atoms with E-state index >= 15 is 0 Å². The molecule has 0 heterocycles.